The van der Waals surface area contributed by atoms with E-state index in [1.54, 1.807) is 6.07 Å². The van der Waals surface area contributed by atoms with Crippen LogP contribution in [-0.2, 0) is 0 Å². The van der Waals surface area contributed by atoms with Crippen molar-refractivity contribution in [2.75, 3.05) is 0 Å². The Hall–Kier alpha value is -1.83. The van der Waals surface area contributed by atoms with Gasteiger partial charge in [0.1, 0.15) is 5.75 Å². The molecule has 0 aliphatic carbocycles. The van der Waals surface area contributed by atoms with Crippen LogP contribution in [0, 0.1) is 5.41 Å². The van der Waals surface area contributed by atoms with Crippen molar-refractivity contribution in [3.63, 3.8) is 0 Å². The zero-order chi connectivity index (χ0) is 11.4. The average Bonchev–Trinajstić information content (AvgIpc) is 2.19. The van der Waals surface area contributed by atoms with E-state index in [0.717, 1.165) is 22.3 Å². The van der Waals surface area contributed by atoms with Gasteiger partial charge in [0.15, 0.2) is 0 Å². The third-order valence-corrected chi connectivity index (χ3v) is 2.26. The van der Waals surface area contributed by atoms with Crippen LogP contribution in [0.4, 0.5) is 0 Å². The van der Waals surface area contributed by atoms with E-state index in [9.17, 15) is 5.11 Å². The Kier molecular flexibility index (Phi) is 3.45. The minimum atomic E-state index is 0.209. The Morgan fingerprint density at radius 2 is 2.13 bits per heavy atom. The maximum atomic E-state index is 9.74. The van der Waals surface area contributed by atoms with E-state index in [4.69, 9.17) is 5.41 Å². The molecule has 0 radical (unpaired) electrons. The highest BCUT2D eigenvalue weighted by atomic mass is 16.3. The van der Waals surface area contributed by atoms with Gasteiger partial charge in [0, 0.05) is 11.8 Å². The summed E-state index contributed by atoms with van der Waals surface area (Å²) >= 11 is 0. The van der Waals surface area contributed by atoms with Gasteiger partial charge in [-0.1, -0.05) is 24.8 Å². The number of aromatic hydroxyl groups is 1. The van der Waals surface area contributed by atoms with Crippen molar-refractivity contribution >= 4 is 17.4 Å². The van der Waals surface area contributed by atoms with Crippen LogP contribution in [0.25, 0.3) is 11.1 Å². The highest BCUT2D eigenvalue weighted by Gasteiger charge is 2.04. The molecule has 0 unspecified atom stereocenters. The van der Waals surface area contributed by atoms with Crippen molar-refractivity contribution in [3.05, 3.63) is 42.0 Å². The van der Waals surface area contributed by atoms with Crippen LogP contribution in [-0.4, -0.2) is 11.3 Å². The zero-order valence-corrected chi connectivity index (χ0v) is 9.04. The Balaban J connectivity index is 3.23. The zero-order valence-electron chi connectivity index (χ0n) is 9.04. The van der Waals surface area contributed by atoms with E-state index < -0.39 is 0 Å². The number of phenolic OH excluding ortho intramolecular Hbond substituents is 1. The molecule has 78 valence electrons. The largest absolute Gasteiger partial charge is 0.507 e. The Labute approximate surface area is 90.1 Å². The van der Waals surface area contributed by atoms with Crippen molar-refractivity contribution in [3.8, 4) is 5.75 Å². The fourth-order valence-corrected chi connectivity index (χ4v) is 1.41. The summed E-state index contributed by atoms with van der Waals surface area (Å²) in [6.45, 7) is 7.50. The molecule has 2 N–H and O–H groups in total. The van der Waals surface area contributed by atoms with E-state index in [1.807, 2.05) is 32.1 Å². The van der Waals surface area contributed by atoms with Crippen LogP contribution in [0.5, 0.6) is 5.75 Å². The summed E-state index contributed by atoms with van der Waals surface area (Å²) in [5.74, 6) is 0.209. The molecule has 1 aromatic carbocycles. The molecule has 1 aromatic rings. The van der Waals surface area contributed by atoms with Gasteiger partial charge in [-0.2, -0.15) is 0 Å². The van der Waals surface area contributed by atoms with E-state index >= 15 is 0 Å². The van der Waals surface area contributed by atoms with Gasteiger partial charge in [-0.3, -0.25) is 0 Å². The summed E-state index contributed by atoms with van der Waals surface area (Å²) in [7, 11) is 0. The smallest absolute Gasteiger partial charge is 0.123 e. The summed E-state index contributed by atoms with van der Waals surface area (Å²) in [5.41, 5.74) is 3.21. The second-order valence-corrected chi connectivity index (χ2v) is 3.40. The first-order chi connectivity index (χ1) is 7.10. The predicted molar refractivity (Wildman–Crippen MR) is 65.2 cm³/mol. The third kappa shape index (κ3) is 2.34. The van der Waals surface area contributed by atoms with Gasteiger partial charge in [0.05, 0.1) is 0 Å². The maximum Gasteiger partial charge on any atom is 0.123 e. The highest BCUT2D eigenvalue weighted by molar-refractivity contribution is 6.08. The van der Waals surface area contributed by atoms with Crippen molar-refractivity contribution in [1.82, 2.24) is 0 Å². The number of hydrogen-bond donors (Lipinski definition) is 2. The third-order valence-electron chi connectivity index (χ3n) is 2.26. The molecule has 0 atom stereocenters. The molecule has 0 spiro atoms. The number of hydrogen-bond acceptors (Lipinski definition) is 2. The first-order valence-corrected chi connectivity index (χ1v) is 4.76. The summed E-state index contributed by atoms with van der Waals surface area (Å²) < 4.78 is 0. The first-order valence-electron chi connectivity index (χ1n) is 4.76. The lowest BCUT2D eigenvalue weighted by atomic mass is 10.0. The molecule has 0 aliphatic heterocycles. The van der Waals surface area contributed by atoms with Crippen molar-refractivity contribution < 1.29 is 5.11 Å². The molecule has 0 heterocycles. The summed E-state index contributed by atoms with van der Waals surface area (Å²) in [5, 5.41) is 17.0. The predicted octanol–water partition coefficient (Wildman–Crippen LogP) is 3.48. The number of allylic oxidation sites excluding steroid dienone is 3. The van der Waals surface area contributed by atoms with Crippen LogP contribution < -0.4 is 0 Å². The molecule has 0 fully saturated rings. The molecular weight excluding hydrogens is 186 g/mol. The van der Waals surface area contributed by atoms with E-state index in [0.29, 0.717) is 0 Å². The molecule has 15 heavy (non-hydrogen) atoms. The Morgan fingerprint density at radius 1 is 1.47 bits per heavy atom. The van der Waals surface area contributed by atoms with Gasteiger partial charge >= 0.3 is 0 Å². The molecule has 0 amide bonds. The molecule has 0 aliphatic rings. The molecule has 2 heteroatoms. The van der Waals surface area contributed by atoms with Gasteiger partial charge in [-0.15, -0.1) is 0 Å². The lowest BCUT2D eigenvalue weighted by Gasteiger charge is -2.07. The number of nitrogens with one attached hydrogen (secondary N) is 1. The fraction of sp³-hybridized carbons (Fsp3) is 0.154. The van der Waals surface area contributed by atoms with E-state index in [-0.39, 0.29) is 5.75 Å². The second kappa shape index (κ2) is 4.60. The maximum absolute atomic E-state index is 9.74. The van der Waals surface area contributed by atoms with Gasteiger partial charge in [0.25, 0.3) is 0 Å². The van der Waals surface area contributed by atoms with Crippen molar-refractivity contribution in [1.29, 1.82) is 5.41 Å². The molecule has 0 saturated carbocycles. The van der Waals surface area contributed by atoms with Crippen LogP contribution >= 0.6 is 0 Å². The monoisotopic (exact) mass is 201 g/mol. The molecular formula is C13H15NO. The normalized spacial score (nSPS) is 11.2. The van der Waals surface area contributed by atoms with Gasteiger partial charge < -0.3 is 10.5 Å². The number of phenols is 1. The number of benzene rings is 1. The lowest BCUT2D eigenvalue weighted by Crippen LogP contribution is -1.87. The van der Waals surface area contributed by atoms with Gasteiger partial charge in [-0.05, 0) is 36.6 Å². The minimum Gasteiger partial charge on any atom is -0.507 e. The van der Waals surface area contributed by atoms with E-state index in [2.05, 4.69) is 6.58 Å². The fourth-order valence-electron chi connectivity index (χ4n) is 1.41. The number of rotatable bonds is 3. The van der Waals surface area contributed by atoms with Gasteiger partial charge in [0.2, 0.25) is 0 Å². The Morgan fingerprint density at radius 3 is 2.53 bits per heavy atom. The molecule has 0 bridgehead atoms. The van der Waals surface area contributed by atoms with E-state index in [1.165, 1.54) is 6.21 Å². The average molecular weight is 201 g/mol. The SMILES string of the molecule is C=C(C)c1ccc(/C(C=N)=C/C)cc1O. The molecule has 2 nitrogen and oxygen atoms in total. The van der Waals surface area contributed by atoms with Gasteiger partial charge in [-0.25, -0.2) is 0 Å². The second-order valence-electron chi connectivity index (χ2n) is 3.40. The summed E-state index contributed by atoms with van der Waals surface area (Å²) in [6.07, 6.45) is 3.11. The Bertz CT molecular complexity index is 430. The van der Waals surface area contributed by atoms with Crippen molar-refractivity contribution in [2.24, 2.45) is 0 Å². The topological polar surface area (TPSA) is 44.1 Å². The summed E-state index contributed by atoms with van der Waals surface area (Å²) in [4.78, 5) is 0. The molecule has 0 saturated heterocycles. The summed E-state index contributed by atoms with van der Waals surface area (Å²) in [6, 6.07) is 5.36. The van der Waals surface area contributed by atoms with Crippen LogP contribution in [0.3, 0.4) is 0 Å². The molecule has 0 aromatic heterocycles. The van der Waals surface area contributed by atoms with Crippen LogP contribution in [0.2, 0.25) is 0 Å². The quantitative estimate of drug-likeness (QED) is 0.722. The lowest BCUT2D eigenvalue weighted by molar-refractivity contribution is 0.473. The minimum absolute atomic E-state index is 0.209. The van der Waals surface area contributed by atoms with Crippen LogP contribution in [0.15, 0.2) is 30.9 Å². The molecule has 1 rings (SSSR count). The van der Waals surface area contributed by atoms with Crippen LogP contribution in [0.1, 0.15) is 25.0 Å². The highest BCUT2D eigenvalue weighted by Crippen LogP contribution is 2.27. The van der Waals surface area contributed by atoms with Crippen molar-refractivity contribution in [2.45, 2.75) is 13.8 Å². The first kappa shape index (κ1) is 11.2. The standard InChI is InChI=1S/C13H15NO/c1-4-10(8-14)11-5-6-12(9(2)3)13(15)7-11/h4-8,14-15H,2H2,1,3H3/b10-4+,14-8?.